The number of likely N-dealkylation sites (tertiary alicyclic amines) is 1. The molecule has 0 aromatic carbocycles. The van der Waals surface area contributed by atoms with Crippen LogP contribution < -0.4 is 0 Å². The van der Waals surface area contributed by atoms with Crippen LogP contribution in [0.3, 0.4) is 0 Å². The van der Waals surface area contributed by atoms with E-state index in [4.69, 9.17) is 9.47 Å². The highest BCUT2D eigenvalue weighted by molar-refractivity contribution is 5.73. The standard InChI is InChI=1S/C16H25NO4/c1-12(2)20-16(19)17-10-8-14(9-11-17)21-15(18)13-6-4-3-5-7-13/h3-4,12-14H,5-11H2,1-2H3. The Morgan fingerprint density at radius 3 is 2.43 bits per heavy atom. The third-order valence-electron chi connectivity index (χ3n) is 3.92. The van der Waals surface area contributed by atoms with Gasteiger partial charge < -0.3 is 14.4 Å². The quantitative estimate of drug-likeness (QED) is 0.593. The Morgan fingerprint density at radius 1 is 1.14 bits per heavy atom. The molecule has 0 aromatic heterocycles. The average Bonchev–Trinajstić information content (AvgIpc) is 2.48. The van der Waals surface area contributed by atoms with Gasteiger partial charge in [0.1, 0.15) is 6.10 Å². The lowest BCUT2D eigenvalue weighted by Crippen LogP contribution is -2.42. The summed E-state index contributed by atoms with van der Waals surface area (Å²) in [4.78, 5) is 25.5. The zero-order valence-electron chi connectivity index (χ0n) is 12.9. The van der Waals surface area contributed by atoms with Crippen LogP contribution in [0.25, 0.3) is 0 Å². The molecule has 1 heterocycles. The van der Waals surface area contributed by atoms with Crippen molar-refractivity contribution in [3.63, 3.8) is 0 Å². The van der Waals surface area contributed by atoms with Crippen LogP contribution in [0.15, 0.2) is 12.2 Å². The number of nitrogens with zero attached hydrogens (tertiary/aromatic N) is 1. The number of hydrogen-bond donors (Lipinski definition) is 0. The van der Waals surface area contributed by atoms with Gasteiger partial charge in [0.25, 0.3) is 0 Å². The Balaban J connectivity index is 1.72. The molecule has 0 radical (unpaired) electrons. The summed E-state index contributed by atoms with van der Waals surface area (Å²) in [5.41, 5.74) is 0. The lowest BCUT2D eigenvalue weighted by Gasteiger charge is -2.32. The number of amides is 1. The van der Waals surface area contributed by atoms with Crippen LogP contribution in [0.1, 0.15) is 46.0 Å². The molecule has 2 rings (SSSR count). The van der Waals surface area contributed by atoms with Crippen molar-refractivity contribution in [2.75, 3.05) is 13.1 Å². The molecule has 1 aliphatic heterocycles. The number of ether oxygens (including phenoxy) is 2. The van der Waals surface area contributed by atoms with Gasteiger partial charge in [0.05, 0.1) is 12.0 Å². The third-order valence-corrected chi connectivity index (χ3v) is 3.92. The Bertz CT molecular complexity index is 397. The van der Waals surface area contributed by atoms with Gasteiger partial charge in [-0.2, -0.15) is 0 Å². The van der Waals surface area contributed by atoms with Crippen molar-refractivity contribution < 1.29 is 19.1 Å². The number of allylic oxidation sites excluding steroid dienone is 2. The Hall–Kier alpha value is -1.52. The molecule has 0 bridgehead atoms. The van der Waals surface area contributed by atoms with Gasteiger partial charge in [0.2, 0.25) is 0 Å². The highest BCUT2D eigenvalue weighted by Gasteiger charge is 2.28. The number of esters is 1. The Labute approximate surface area is 126 Å². The number of carbonyl (C=O) groups excluding carboxylic acids is 2. The summed E-state index contributed by atoms with van der Waals surface area (Å²) in [5.74, 6) is -0.0681. The molecule has 0 aromatic rings. The van der Waals surface area contributed by atoms with Crippen LogP contribution in [-0.4, -0.2) is 42.3 Å². The maximum absolute atomic E-state index is 12.1. The van der Waals surface area contributed by atoms with Gasteiger partial charge in [-0.15, -0.1) is 0 Å². The number of carbonyl (C=O) groups is 2. The van der Waals surface area contributed by atoms with E-state index in [0.29, 0.717) is 25.9 Å². The van der Waals surface area contributed by atoms with Crippen molar-refractivity contribution in [1.29, 1.82) is 0 Å². The molecule has 1 saturated heterocycles. The smallest absolute Gasteiger partial charge is 0.410 e. The van der Waals surface area contributed by atoms with E-state index in [9.17, 15) is 9.59 Å². The summed E-state index contributed by atoms with van der Waals surface area (Å²) < 4.78 is 10.8. The van der Waals surface area contributed by atoms with Crippen molar-refractivity contribution >= 4 is 12.1 Å². The van der Waals surface area contributed by atoms with Crippen LogP contribution in [0.5, 0.6) is 0 Å². The largest absolute Gasteiger partial charge is 0.462 e. The van der Waals surface area contributed by atoms with Crippen LogP contribution >= 0.6 is 0 Å². The van der Waals surface area contributed by atoms with Gasteiger partial charge in [0.15, 0.2) is 0 Å². The van der Waals surface area contributed by atoms with E-state index in [1.54, 1.807) is 4.90 Å². The first kappa shape index (κ1) is 15.9. The molecule has 21 heavy (non-hydrogen) atoms. The number of piperidine rings is 1. The summed E-state index contributed by atoms with van der Waals surface area (Å²) in [5, 5.41) is 0. The second-order valence-corrected chi connectivity index (χ2v) is 6.04. The molecule has 1 amide bonds. The lowest BCUT2D eigenvalue weighted by molar-refractivity contribution is -0.156. The lowest BCUT2D eigenvalue weighted by atomic mass is 9.94. The molecule has 0 N–H and O–H groups in total. The molecule has 2 aliphatic rings. The topological polar surface area (TPSA) is 55.8 Å². The maximum Gasteiger partial charge on any atom is 0.410 e. The third kappa shape index (κ3) is 4.76. The summed E-state index contributed by atoms with van der Waals surface area (Å²) >= 11 is 0. The van der Waals surface area contributed by atoms with E-state index in [-0.39, 0.29) is 30.2 Å². The van der Waals surface area contributed by atoms with Gasteiger partial charge in [-0.25, -0.2) is 4.79 Å². The molecule has 0 saturated carbocycles. The summed E-state index contributed by atoms with van der Waals surface area (Å²) in [6, 6.07) is 0. The molecule has 1 fully saturated rings. The van der Waals surface area contributed by atoms with Crippen LogP contribution in [0.4, 0.5) is 4.79 Å². The molecular formula is C16H25NO4. The minimum Gasteiger partial charge on any atom is -0.462 e. The van der Waals surface area contributed by atoms with Gasteiger partial charge in [-0.05, 0) is 33.1 Å². The van der Waals surface area contributed by atoms with Crippen molar-refractivity contribution in [3.05, 3.63) is 12.2 Å². The molecular weight excluding hydrogens is 270 g/mol. The highest BCUT2D eigenvalue weighted by atomic mass is 16.6. The highest BCUT2D eigenvalue weighted by Crippen LogP contribution is 2.22. The minimum absolute atomic E-state index is 0.0129. The number of rotatable bonds is 3. The number of hydrogen-bond acceptors (Lipinski definition) is 4. The zero-order chi connectivity index (χ0) is 15.2. The van der Waals surface area contributed by atoms with Gasteiger partial charge in [-0.3, -0.25) is 4.79 Å². The monoisotopic (exact) mass is 295 g/mol. The zero-order valence-corrected chi connectivity index (χ0v) is 12.9. The van der Waals surface area contributed by atoms with E-state index in [1.165, 1.54) is 0 Å². The predicted molar refractivity (Wildman–Crippen MR) is 78.8 cm³/mol. The predicted octanol–water partition coefficient (Wildman–Crippen LogP) is 2.90. The van der Waals surface area contributed by atoms with E-state index in [2.05, 4.69) is 12.2 Å². The van der Waals surface area contributed by atoms with Gasteiger partial charge >= 0.3 is 12.1 Å². The van der Waals surface area contributed by atoms with Crippen LogP contribution in [0, 0.1) is 5.92 Å². The Morgan fingerprint density at radius 2 is 1.86 bits per heavy atom. The van der Waals surface area contributed by atoms with E-state index in [1.807, 2.05) is 13.8 Å². The van der Waals surface area contributed by atoms with Crippen LogP contribution in [0.2, 0.25) is 0 Å². The average molecular weight is 295 g/mol. The normalized spacial score (nSPS) is 23.2. The van der Waals surface area contributed by atoms with E-state index >= 15 is 0 Å². The van der Waals surface area contributed by atoms with Crippen molar-refractivity contribution in [3.8, 4) is 0 Å². The summed E-state index contributed by atoms with van der Waals surface area (Å²) in [6.07, 6.45) is 7.75. The summed E-state index contributed by atoms with van der Waals surface area (Å²) in [6.45, 7) is 4.86. The first-order valence-corrected chi connectivity index (χ1v) is 7.87. The minimum atomic E-state index is -0.271. The molecule has 1 aliphatic carbocycles. The molecule has 5 heteroatoms. The van der Waals surface area contributed by atoms with Crippen molar-refractivity contribution in [1.82, 2.24) is 4.90 Å². The van der Waals surface area contributed by atoms with Crippen molar-refractivity contribution in [2.45, 2.75) is 58.2 Å². The fourth-order valence-corrected chi connectivity index (χ4v) is 2.70. The first-order valence-electron chi connectivity index (χ1n) is 7.87. The molecule has 5 nitrogen and oxygen atoms in total. The van der Waals surface area contributed by atoms with Gasteiger partial charge in [-0.1, -0.05) is 12.2 Å². The molecule has 118 valence electrons. The fraction of sp³-hybridized carbons (Fsp3) is 0.750. The summed E-state index contributed by atoms with van der Waals surface area (Å²) in [7, 11) is 0. The molecule has 0 spiro atoms. The van der Waals surface area contributed by atoms with Gasteiger partial charge in [0, 0.05) is 25.9 Å². The van der Waals surface area contributed by atoms with E-state index in [0.717, 1.165) is 19.3 Å². The van der Waals surface area contributed by atoms with Crippen molar-refractivity contribution in [2.24, 2.45) is 5.92 Å². The fourth-order valence-electron chi connectivity index (χ4n) is 2.70. The SMILES string of the molecule is CC(C)OC(=O)N1CCC(OC(=O)C2CC=CCC2)CC1. The van der Waals surface area contributed by atoms with E-state index < -0.39 is 0 Å². The van der Waals surface area contributed by atoms with Crippen LogP contribution in [-0.2, 0) is 14.3 Å². The second-order valence-electron chi connectivity index (χ2n) is 6.04. The Kier molecular flexibility index (Phi) is 5.65. The molecule has 1 unspecified atom stereocenters. The maximum atomic E-state index is 12.1. The molecule has 1 atom stereocenters. The second kappa shape index (κ2) is 7.48. The first-order chi connectivity index (χ1) is 10.1.